The molecule has 0 amide bonds. The smallest absolute Gasteiger partial charge is 0.323 e. The van der Waals surface area contributed by atoms with Crippen LogP contribution in [0.3, 0.4) is 0 Å². The van der Waals surface area contributed by atoms with Crippen LogP contribution in [-0.2, 0) is 15.6 Å². The second-order valence-corrected chi connectivity index (χ2v) is 12.4. The Morgan fingerprint density at radius 3 is 1.78 bits per heavy atom. The summed E-state index contributed by atoms with van der Waals surface area (Å²) in [5, 5.41) is 0. The lowest BCUT2D eigenvalue weighted by molar-refractivity contribution is -0.133. The summed E-state index contributed by atoms with van der Waals surface area (Å²) in [6.07, 6.45) is 0. The van der Waals surface area contributed by atoms with Crippen LogP contribution in [0.4, 0.5) is 0 Å². The summed E-state index contributed by atoms with van der Waals surface area (Å²) < 4.78 is 5.91. The zero-order valence-electron chi connectivity index (χ0n) is 21.6. The van der Waals surface area contributed by atoms with Crippen LogP contribution in [-0.4, -0.2) is 11.8 Å². The van der Waals surface area contributed by atoms with Gasteiger partial charge in [0, 0.05) is 22.1 Å². The first-order chi connectivity index (χ1) is 14.4. The molecule has 0 bridgehead atoms. The van der Waals surface area contributed by atoms with E-state index in [-0.39, 0.29) is 22.6 Å². The molecule has 3 heteroatoms. The summed E-state index contributed by atoms with van der Waals surface area (Å²) in [5.41, 5.74) is 5.97. The van der Waals surface area contributed by atoms with Crippen LogP contribution in [0.2, 0.25) is 0 Å². The van der Waals surface area contributed by atoms with Crippen molar-refractivity contribution in [3.05, 3.63) is 63.2 Å². The lowest BCUT2D eigenvalue weighted by Crippen LogP contribution is -2.23. The topological polar surface area (TPSA) is 43.4 Å². The van der Waals surface area contributed by atoms with Gasteiger partial charge in [0.15, 0.2) is 5.78 Å². The van der Waals surface area contributed by atoms with Crippen LogP contribution in [0, 0.1) is 19.3 Å². The normalized spacial score (nSPS) is 16.7. The van der Waals surface area contributed by atoms with Crippen molar-refractivity contribution in [3.63, 3.8) is 0 Å². The van der Waals surface area contributed by atoms with Gasteiger partial charge >= 0.3 is 5.97 Å². The average Bonchev–Trinajstić information content (AvgIpc) is 2.93. The van der Waals surface area contributed by atoms with Crippen molar-refractivity contribution in [1.82, 2.24) is 0 Å². The third-order valence-corrected chi connectivity index (χ3v) is 6.34. The van der Waals surface area contributed by atoms with Gasteiger partial charge < -0.3 is 4.74 Å². The zero-order chi connectivity index (χ0) is 24.4. The lowest BCUT2D eigenvalue weighted by Gasteiger charge is -2.27. The molecule has 1 aliphatic rings. The third-order valence-electron chi connectivity index (χ3n) is 6.34. The quantitative estimate of drug-likeness (QED) is 0.286. The monoisotopic (exact) mass is 434 g/mol. The molecule has 1 heterocycles. The van der Waals surface area contributed by atoms with Crippen molar-refractivity contribution < 1.29 is 14.3 Å². The van der Waals surface area contributed by atoms with Gasteiger partial charge in [-0.2, -0.15) is 0 Å². The number of hydrogen-bond acceptors (Lipinski definition) is 3. The summed E-state index contributed by atoms with van der Waals surface area (Å²) in [5.74, 6) is 0.0963. The van der Waals surface area contributed by atoms with Gasteiger partial charge in [-0.05, 0) is 46.9 Å². The van der Waals surface area contributed by atoms with Crippen LogP contribution in [0.5, 0.6) is 5.75 Å². The van der Waals surface area contributed by atoms with E-state index in [0.717, 1.165) is 33.4 Å². The maximum Gasteiger partial charge on any atom is 0.323 e. The Morgan fingerprint density at radius 2 is 1.34 bits per heavy atom. The third kappa shape index (κ3) is 4.27. The fourth-order valence-corrected chi connectivity index (χ4v) is 4.47. The highest BCUT2D eigenvalue weighted by atomic mass is 16.5. The standard InChI is InChI=1S/C29H38O3/c1-16-12-18(13-17(2)22(16)25(30)29(9,10)11)23-20-14-19(27(3,4)5)15-21(28(6,7)8)24(20)32-26(23)31/h12-15,23H,1-11H3. The number of benzene rings is 2. The summed E-state index contributed by atoms with van der Waals surface area (Å²) in [4.78, 5) is 26.2. The molecule has 0 radical (unpaired) electrons. The van der Waals surface area contributed by atoms with Gasteiger partial charge in [-0.3, -0.25) is 9.59 Å². The Labute approximate surface area is 193 Å². The molecule has 2 aromatic carbocycles. The van der Waals surface area contributed by atoms with Gasteiger partial charge in [0.1, 0.15) is 11.7 Å². The molecule has 0 fully saturated rings. The van der Waals surface area contributed by atoms with Crippen molar-refractivity contribution in [1.29, 1.82) is 0 Å². The predicted octanol–water partition coefficient (Wildman–Crippen LogP) is 7.18. The molecule has 172 valence electrons. The van der Waals surface area contributed by atoms with E-state index in [1.54, 1.807) is 0 Å². The van der Waals surface area contributed by atoms with E-state index in [2.05, 4.69) is 53.7 Å². The first kappa shape index (κ1) is 24.2. The van der Waals surface area contributed by atoms with E-state index in [9.17, 15) is 9.59 Å². The number of ether oxygens (including phenoxy) is 1. The average molecular weight is 435 g/mol. The van der Waals surface area contributed by atoms with Crippen molar-refractivity contribution in [3.8, 4) is 5.75 Å². The highest BCUT2D eigenvalue weighted by Gasteiger charge is 2.40. The van der Waals surface area contributed by atoms with Gasteiger partial charge in [-0.25, -0.2) is 0 Å². The highest BCUT2D eigenvalue weighted by molar-refractivity contribution is 6.02. The van der Waals surface area contributed by atoms with Crippen LogP contribution in [0.25, 0.3) is 0 Å². The molecule has 0 aromatic heterocycles. The molecule has 0 N–H and O–H groups in total. The van der Waals surface area contributed by atoms with Crippen molar-refractivity contribution >= 4 is 11.8 Å². The van der Waals surface area contributed by atoms with E-state index in [0.29, 0.717) is 5.75 Å². The minimum Gasteiger partial charge on any atom is -0.425 e. The number of fused-ring (bicyclic) bond motifs is 1. The summed E-state index contributed by atoms with van der Waals surface area (Å²) in [7, 11) is 0. The molecule has 32 heavy (non-hydrogen) atoms. The fourth-order valence-electron chi connectivity index (χ4n) is 4.47. The van der Waals surface area contributed by atoms with Crippen LogP contribution in [0.15, 0.2) is 24.3 Å². The van der Waals surface area contributed by atoms with Crippen LogP contribution >= 0.6 is 0 Å². The maximum absolute atomic E-state index is 13.2. The Hall–Kier alpha value is -2.42. The van der Waals surface area contributed by atoms with E-state index < -0.39 is 11.3 Å². The molecule has 1 atom stereocenters. The molecule has 1 aliphatic heterocycles. The zero-order valence-corrected chi connectivity index (χ0v) is 21.6. The van der Waals surface area contributed by atoms with Crippen molar-refractivity contribution in [2.75, 3.05) is 0 Å². The van der Waals surface area contributed by atoms with Crippen molar-refractivity contribution in [2.24, 2.45) is 5.41 Å². The molecule has 3 rings (SSSR count). The molecule has 0 saturated carbocycles. The van der Waals surface area contributed by atoms with Gasteiger partial charge in [0.05, 0.1) is 0 Å². The Balaban J connectivity index is 2.23. The minimum atomic E-state index is -0.482. The Kier molecular flexibility index (Phi) is 5.73. The summed E-state index contributed by atoms with van der Waals surface area (Å²) >= 11 is 0. The van der Waals surface area contributed by atoms with Crippen LogP contribution < -0.4 is 4.74 Å². The number of rotatable bonds is 2. The molecule has 0 aliphatic carbocycles. The molecular formula is C29H38O3. The molecule has 0 saturated heterocycles. The van der Waals surface area contributed by atoms with Gasteiger partial charge in [0.25, 0.3) is 0 Å². The summed E-state index contributed by atoms with van der Waals surface area (Å²) in [6.45, 7) is 22.8. The first-order valence-corrected chi connectivity index (χ1v) is 11.5. The van der Waals surface area contributed by atoms with E-state index in [1.807, 2.05) is 46.8 Å². The Bertz CT molecular complexity index is 1080. The molecule has 1 unspecified atom stereocenters. The highest BCUT2D eigenvalue weighted by Crippen LogP contribution is 2.47. The number of hydrogen-bond donors (Lipinski definition) is 0. The number of aryl methyl sites for hydroxylation is 2. The summed E-state index contributed by atoms with van der Waals surface area (Å²) in [6, 6.07) is 8.32. The predicted molar refractivity (Wildman–Crippen MR) is 131 cm³/mol. The number of ketones is 1. The second-order valence-electron chi connectivity index (χ2n) is 12.4. The second kappa shape index (κ2) is 7.57. The van der Waals surface area contributed by atoms with Gasteiger partial charge in [0.2, 0.25) is 0 Å². The largest absolute Gasteiger partial charge is 0.425 e. The first-order valence-electron chi connectivity index (χ1n) is 11.5. The molecule has 3 nitrogen and oxygen atoms in total. The number of carbonyl (C=O) groups is 2. The van der Waals surface area contributed by atoms with E-state index >= 15 is 0 Å². The van der Waals surface area contributed by atoms with E-state index in [1.165, 1.54) is 5.56 Å². The minimum absolute atomic E-state index is 0.0555. The maximum atomic E-state index is 13.2. The van der Waals surface area contributed by atoms with E-state index in [4.69, 9.17) is 4.74 Å². The number of Topliss-reactive ketones (excluding diaryl/α,β-unsaturated/α-hetero) is 1. The lowest BCUT2D eigenvalue weighted by atomic mass is 9.76. The molecule has 0 spiro atoms. The molecule has 2 aromatic rings. The number of esters is 1. The Morgan fingerprint density at radius 1 is 0.812 bits per heavy atom. The van der Waals surface area contributed by atoms with Gasteiger partial charge in [-0.1, -0.05) is 86.6 Å². The SMILES string of the molecule is Cc1cc(C2C(=O)Oc3c2cc(C(C)(C)C)cc3C(C)(C)C)cc(C)c1C(=O)C(C)(C)C. The number of carbonyl (C=O) groups excluding carboxylic acids is 2. The fraction of sp³-hybridized carbons (Fsp3) is 0.517. The van der Waals surface area contributed by atoms with Crippen molar-refractivity contribution in [2.45, 2.75) is 92.9 Å². The molecular weight excluding hydrogens is 396 g/mol. The van der Waals surface area contributed by atoms with Crippen LogP contribution in [0.1, 0.15) is 112 Å². The van der Waals surface area contributed by atoms with Gasteiger partial charge in [-0.15, -0.1) is 0 Å².